The third-order valence-corrected chi connectivity index (χ3v) is 7.90. The molecule has 0 saturated carbocycles. The van der Waals surface area contributed by atoms with E-state index in [4.69, 9.17) is 4.74 Å². The standard InChI is InChI=1S/C30H42N8O14/c39-11-19(25(45)31-17(6-3-9-37(50)15-42)24(44)32-18-7-4-10-38(51)30(18)49)33-26(46)20(12-40)34-27(47)21(13-41)35-28(48)22-14-52-29(36-22)16-5-1-2-8-23(16)43/h1-2,5,8,15,17-22,39-41,43,50-51H,3-4,6-7,9-14H2,(H,31,45)(H,32,44)(H,33,46)(H,34,47)(H,35,48). The normalized spacial score (nSPS) is 19.1. The van der Waals surface area contributed by atoms with Crippen LogP contribution in [0.25, 0.3) is 0 Å². The number of phenols is 1. The highest BCUT2D eigenvalue weighted by molar-refractivity contribution is 6.01. The lowest BCUT2D eigenvalue weighted by Gasteiger charge is -2.30. The Labute approximate surface area is 295 Å². The SMILES string of the molecule is O=CN(O)CCCC(NC(=O)C(CO)NC(=O)C(CO)NC(=O)C(CO)NC(=O)C1COC(c2ccccc2O)=N1)C(=O)NC1CCCN(O)C1=O. The number of rotatable bonds is 19. The molecular weight excluding hydrogens is 696 g/mol. The lowest BCUT2D eigenvalue weighted by Crippen LogP contribution is -2.61. The highest BCUT2D eigenvalue weighted by Crippen LogP contribution is 2.21. The molecule has 1 aromatic rings. The van der Waals surface area contributed by atoms with E-state index in [0.717, 1.165) is 0 Å². The molecule has 3 rings (SSSR count). The van der Waals surface area contributed by atoms with Gasteiger partial charge in [0.1, 0.15) is 42.6 Å². The Bertz CT molecular complexity index is 1500. The second-order valence-electron chi connectivity index (χ2n) is 11.6. The van der Waals surface area contributed by atoms with Gasteiger partial charge in [0.2, 0.25) is 41.8 Å². The minimum absolute atomic E-state index is 0.0262. The number of aliphatic hydroxyl groups excluding tert-OH is 3. The molecule has 22 heteroatoms. The largest absolute Gasteiger partial charge is 0.507 e. The smallest absolute Gasteiger partial charge is 0.268 e. The number of para-hydroxylation sites is 1. The number of ether oxygens (including phenoxy) is 1. The average molecular weight is 739 g/mol. The van der Waals surface area contributed by atoms with Crippen molar-refractivity contribution in [2.45, 2.75) is 61.9 Å². The highest BCUT2D eigenvalue weighted by Gasteiger charge is 2.35. The van der Waals surface area contributed by atoms with Crippen LogP contribution in [-0.4, -0.2) is 164 Å². The number of carbonyl (C=O) groups is 7. The Morgan fingerprint density at radius 2 is 1.50 bits per heavy atom. The molecule has 2 aliphatic rings. The van der Waals surface area contributed by atoms with Crippen molar-refractivity contribution in [1.82, 2.24) is 36.7 Å². The number of hydroxylamine groups is 4. The zero-order valence-corrected chi connectivity index (χ0v) is 27.7. The second kappa shape index (κ2) is 19.8. The number of benzene rings is 1. The third kappa shape index (κ3) is 11.3. The molecule has 52 heavy (non-hydrogen) atoms. The maximum atomic E-state index is 13.1. The third-order valence-electron chi connectivity index (χ3n) is 7.90. The minimum Gasteiger partial charge on any atom is -0.507 e. The summed E-state index contributed by atoms with van der Waals surface area (Å²) in [5, 5.41) is 70.5. The molecule has 0 bridgehead atoms. The van der Waals surface area contributed by atoms with Crippen molar-refractivity contribution in [3.63, 3.8) is 0 Å². The Balaban J connectivity index is 1.61. The van der Waals surface area contributed by atoms with Gasteiger partial charge in [-0.05, 0) is 37.8 Å². The molecule has 2 aliphatic heterocycles. The molecule has 0 radical (unpaired) electrons. The summed E-state index contributed by atoms with van der Waals surface area (Å²) in [6.45, 7) is -3.46. The molecule has 11 N–H and O–H groups in total. The Morgan fingerprint density at radius 3 is 2.08 bits per heavy atom. The Kier molecular flexibility index (Phi) is 15.6. The van der Waals surface area contributed by atoms with E-state index in [9.17, 15) is 64.4 Å². The zero-order valence-electron chi connectivity index (χ0n) is 27.7. The molecule has 1 saturated heterocycles. The Hall–Kier alpha value is -5.42. The van der Waals surface area contributed by atoms with Gasteiger partial charge in [0.15, 0.2) is 6.04 Å². The van der Waals surface area contributed by atoms with E-state index < -0.39 is 91.5 Å². The van der Waals surface area contributed by atoms with Gasteiger partial charge in [-0.3, -0.25) is 44.0 Å². The van der Waals surface area contributed by atoms with Crippen molar-refractivity contribution in [3.8, 4) is 5.75 Å². The van der Waals surface area contributed by atoms with E-state index in [-0.39, 0.29) is 62.6 Å². The second-order valence-corrected chi connectivity index (χ2v) is 11.6. The molecule has 0 spiro atoms. The van der Waals surface area contributed by atoms with Crippen LogP contribution in [0.1, 0.15) is 31.2 Å². The van der Waals surface area contributed by atoms with E-state index in [1.807, 2.05) is 0 Å². The molecule has 6 atom stereocenters. The molecule has 22 nitrogen and oxygen atoms in total. The van der Waals surface area contributed by atoms with Gasteiger partial charge in [0.05, 0.1) is 25.4 Å². The van der Waals surface area contributed by atoms with Crippen LogP contribution >= 0.6 is 0 Å². The quantitative estimate of drug-likeness (QED) is 0.0359. The molecule has 6 unspecified atom stereocenters. The number of carbonyl (C=O) groups excluding carboxylic acids is 7. The summed E-state index contributed by atoms with van der Waals surface area (Å²) >= 11 is 0. The first-order valence-electron chi connectivity index (χ1n) is 16.1. The van der Waals surface area contributed by atoms with Crippen LogP contribution in [0.4, 0.5) is 0 Å². The maximum absolute atomic E-state index is 13.1. The van der Waals surface area contributed by atoms with Crippen LogP contribution in [0.15, 0.2) is 29.3 Å². The number of nitrogens with one attached hydrogen (secondary N) is 5. The fourth-order valence-corrected chi connectivity index (χ4v) is 5.02. The average Bonchev–Trinajstić information content (AvgIpc) is 3.63. The van der Waals surface area contributed by atoms with Crippen LogP contribution in [0, 0.1) is 0 Å². The number of aliphatic imine (C=N–C) groups is 1. The van der Waals surface area contributed by atoms with E-state index in [1.165, 1.54) is 12.1 Å². The van der Waals surface area contributed by atoms with Crippen molar-refractivity contribution in [3.05, 3.63) is 29.8 Å². The summed E-state index contributed by atoms with van der Waals surface area (Å²) in [4.78, 5) is 91.8. The topological polar surface area (TPSA) is 329 Å². The summed E-state index contributed by atoms with van der Waals surface area (Å²) in [5.41, 5.74) is 0.224. The first kappa shape index (κ1) is 41.0. The summed E-state index contributed by atoms with van der Waals surface area (Å²) < 4.78 is 5.38. The van der Waals surface area contributed by atoms with Gasteiger partial charge in [0.25, 0.3) is 5.91 Å². The van der Waals surface area contributed by atoms with Gasteiger partial charge in [-0.15, -0.1) is 0 Å². The predicted octanol–water partition coefficient (Wildman–Crippen LogP) is -5.42. The van der Waals surface area contributed by atoms with Gasteiger partial charge in [-0.2, -0.15) is 0 Å². The van der Waals surface area contributed by atoms with Crippen LogP contribution in [-0.2, 0) is 38.3 Å². The molecule has 286 valence electrons. The minimum atomic E-state index is -1.77. The van der Waals surface area contributed by atoms with Crippen LogP contribution in [0.3, 0.4) is 0 Å². The maximum Gasteiger partial charge on any atom is 0.268 e. The van der Waals surface area contributed by atoms with E-state index in [0.29, 0.717) is 16.5 Å². The number of nitrogens with zero attached hydrogens (tertiary/aromatic N) is 3. The van der Waals surface area contributed by atoms with Gasteiger partial charge < -0.3 is 51.7 Å². The predicted molar refractivity (Wildman–Crippen MR) is 172 cm³/mol. The molecule has 0 aliphatic carbocycles. The van der Waals surface area contributed by atoms with Gasteiger partial charge in [0, 0.05) is 13.1 Å². The lowest BCUT2D eigenvalue weighted by molar-refractivity contribution is -0.173. The Morgan fingerprint density at radius 1 is 0.923 bits per heavy atom. The summed E-state index contributed by atoms with van der Waals surface area (Å²) in [5.74, 6) is -6.12. The number of aromatic hydroxyl groups is 1. The summed E-state index contributed by atoms with van der Waals surface area (Å²) in [6.07, 6.45) is 0.430. The number of aliphatic hydroxyl groups is 3. The number of hydrogen-bond acceptors (Lipinski definition) is 15. The molecule has 0 aromatic heterocycles. The molecule has 1 fully saturated rings. The summed E-state index contributed by atoms with van der Waals surface area (Å²) in [7, 11) is 0. The molecule has 7 amide bonds. The molecule has 2 heterocycles. The number of piperidine rings is 1. The first-order valence-corrected chi connectivity index (χ1v) is 16.1. The molecule has 1 aromatic carbocycles. The van der Waals surface area contributed by atoms with Crippen molar-refractivity contribution < 1.29 is 69.1 Å². The first-order chi connectivity index (χ1) is 24.8. The fourth-order valence-electron chi connectivity index (χ4n) is 5.02. The van der Waals surface area contributed by atoms with E-state index >= 15 is 0 Å². The van der Waals surface area contributed by atoms with Crippen LogP contribution < -0.4 is 26.6 Å². The zero-order chi connectivity index (χ0) is 38.4. The number of amides is 7. The number of hydrogen-bond donors (Lipinski definition) is 11. The van der Waals surface area contributed by atoms with Gasteiger partial charge >= 0.3 is 0 Å². The van der Waals surface area contributed by atoms with Crippen molar-refractivity contribution in [1.29, 1.82) is 0 Å². The highest BCUT2D eigenvalue weighted by atomic mass is 16.5. The molecular formula is C30H42N8O14. The monoisotopic (exact) mass is 738 g/mol. The lowest BCUT2D eigenvalue weighted by atomic mass is 10.0. The van der Waals surface area contributed by atoms with Crippen LogP contribution in [0.2, 0.25) is 0 Å². The van der Waals surface area contributed by atoms with Gasteiger partial charge in [-0.1, -0.05) is 12.1 Å². The van der Waals surface area contributed by atoms with Crippen LogP contribution in [0.5, 0.6) is 5.75 Å². The fraction of sp³-hybridized carbons (Fsp3) is 0.533. The van der Waals surface area contributed by atoms with Crippen molar-refractivity contribution in [2.24, 2.45) is 4.99 Å². The number of phenolic OH excluding ortho intramolecular Hbond substituents is 1. The van der Waals surface area contributed by atoms with Crippen molar-refractivity contribution >= 4 is 47.8 Å². The van der Waals surface area contributed by atoms with Gasteiger partial charge in [-0.25, -0.2) is 15.1 Å². The summed E-state index contributed by atoms with van der Waals surface area (Å²) in [6, 6.07) is -2.79. The van der Waals surface area contributed by atoms with E-state index in [1.54, 1.807) is 12.1 Å². The van der Waals surface area contributed by atoms with Crippen molar-refractivity contribution in [2.75, 3.05) is 39.5 Å². The van der Waals surface area contributed by atoms with E-state index in [2.05, 4.69) is 31.6 Å².